The van der Waals surface area contributed by atoms with Crippen LogP contribution in [0.3, 0.4) is 0 Å². The molecule has 0 radical (unpaired) electrons. The van der Waals surface area contributed by atoms with E-state index in [-0.39, 0.29) is 5.91 Å². The molecule has 0 saturated heterocycles. The van der Waals surface area contributed by atoms with Crippen LogP contribution in [0.2, 0.25) is 5.02 Å². The average Bonchev–Trinajstić information content (AvgIpc) is 2.38. The largest absolute Gasteiger partial charge is 0.481 e. The SMILES string of the molecule is COc1ccc(NC(=O)c2cc(Cl)cc(Br)c2)cn1. The van der Waals surface area contributed by atoms with E-state index in [1.54, 1.807) is 30.3 Å². The standard InChI is InChI=1S/C13H10BrClN2O2/c1-19-12-3-2-11(7-16-12)17-13(18)8-4-9(14)6-10(15)5-8/h2-7H,1H3,(H,17,18). The molecule has 1 amide bonds. The highest BCUT2D eigenvalue weighted by atomic mass is 79.9. The Morgan fingerprint density at radius 1 is 1.37 bits per heavy atom. The van der Waals surface area contributed by atoms with Gasteiger partial charge in [0.15, 0.2) is 0 Å². The van der Waals surface area contributed by atoms with E-state index in [4.69, 9.17) is 16.3 Å². The number of pyridine rings is 1. The zero-order valence-electron chi connectivity index (χ0n) is 9.98. The normalized spacial score (nSPS) is 10.1. The van der Waals surface area contributed by atoms with E-state index in [0.29, 0.717) is 22.2 Å². The third-order valence-electron chi connectivity index (χ3n) is 2.33. The lowest BCUT2D eigenvalue weighted by Crippen LogP contribution is -2.12. The summed E-state index contributed by atoms with van der Waals surface area (Å²) in [5.41, 5.74) is 1.05. The van der Waals surface area contributed by atoms with Crippen molar-refractivity contribution in [3.05, 3.63) is 51.6 Å². The number of amides is 1. The van der Waals surface area contributed by atoms with Crippen LogP contribution in [-0.4, -0.2) is 18.0 Å². The fourth-order valence-corrected chi connectivity index (χ4v) is 2.32. The van der Waals surface area contributed by atoms with Crippen molar-refractivity contribution in [1.29, 1.82) is 0 Å². The minimum Gasteiger partial charge on any atom is -0.481 e. The lowest BCUT2D eigenvalue weighted by atomic mass is 10.2. The van der Waals surface area contributed by atoms with Gasteiger partial charge in [-0.2, -0.15) is 0 Å². The fraction of sp³-hybridized carbons (Fsp3) is 0.0769. The van der Waals surface area contributed by atoms with Crippen LogP contribution in [0.25, 0.3) is 0 Å². The number of aromatic nitrogens is 1. The molecule has 0 aliphatic rings. The summed E-state index contributed by atoms with van der Waals surface area (Å²) in [6.45, 7) is 0. The number of ether oxygens (including phenoxy) is 1. The Bertz CT molecular complexity index is 582. The molecule has 1 heterocycles. The number of carbonyl (C=O) groups excluding carboxylic acids is 1. The summed E-state index contributed by atoms with van der Waals surface area (Å²) in [6, 6.07) is 8.39. The Labute approximate surface area is 123 Å². The summed E-state index contributed by atoms with van der Waals surface area (Å²) in [4.78, 5) is 16.0. The molecule has 2 rings (SSSR count). The molecule has 1 aromatic carbocycles. The first-order valence-electron chi connectivity index (χ1n) is 5.36. The minimum atomic E-state index is -0.254. The summed E-state index contributed by atoms with van der Waals surface area (Å²) in [7, 11) is 1.53. The number of benzene rings is 1. The molecule has 0 bridgehead atoms. The van der Waals surface area contributed by atoms with Gasteiger partial charge >= 0.3 is 0 Å². The minimum absolute atomic E-state index is 0.254. The monoisotopic (exact) mass is 340 g/mol. The average molecular weight is 342 g/mol. The summed E-state index contributed by atoms with van der Waals surface area (Å²) in [6.07, 6.45) is 1.52. The maximum atomic E-state index is 12.0. The van der Waals surface area contributed by atoms with E-state index in [1.165, 1.54) is 13.3 Å². The third kappa shape index (κ3) is 3.68. The Hall–Kier alpha value is -1.59. The molecule has 0 aliphatic heterocycles. The number of nitrogens with one attached hydrogen (secondary N) is 1. The number of hydrogen-bond donors (Lipinski definition) is 1. The molecular weight excluding hydrogens is 332 g/mol. The second-order valence-corrected chi connectivity index (χ2v) is 5.05. The molecule has 1 N–H and O–H groups in total. The van der Waals surface area contributed by atoms with E-state index in [9.17, 15) is 4.79 Å². The van der Waals surface area contributed by atoms with Crippen molar-refractivity contribution in [2.45, 2.75) is 0 Å². The summed E-state index contributed by atoms with van der Waals surface area (Å²) in [5, 5.41) is 3.22. The van der Waals surface area contributed by atoms with Crippen LogP contribution >= 0.6 is 27.5 Å². The summed E-state index contributed by atoms with van der Waals surface area (Å²) >= 11 is 9.19. The van der Waals surface area contributed by atoms with Gasteiger partial charge in [0.2, 0.25) is 5.88 Å². The van der Waals surface area contributed by atoms with Gasteiger partial charge in [-0.3, -0.25) is 4.79 Å². The number of hydrogen-bond acceptors (Lipinski definition) is 3. The lowest BCUT2D eigenvalue weighted by Gasteiger charge is -2.06. The van der Waals surface area contributed by atoms with E-state index < -0.39 is 0 Å². The van der Waals surface area contributed by atoms with Crippen molar-refractivity contribution in [2.75, 3.05) is 12.4 Å². The number of anilines is 1. The Morgan fingerprint density at radius 3 is 2.74 bits per heavy atom. The number of methoxy groups -OCH3 is 1. The summed E-state index contributed by atoms with van der Waals surface area (Å²) in [5.74, 6) is 0.235. The highest BCUT2D eigenvalue weighted by Crippen LogP contribution is 2.20. The zero-order chi connectivity index (χ0) is 13.8. The predicted molar refractivity (Wildman–Crippen MR) is 77.9 cm³/mol. The van der Waals surface area contributed by atoms with Crippen LogP contribution < -0.4 is 10.1 Å². The smallest absolute Gasteiger partial charge is 0.255 e. The Kier molecular flexibility index (Phi) is 4.39. The number of halogens is 2. The van der Waals surface area contributed by atoms with Gasteiger partial charge in [0.05, 0.1) is 19.0 Å². The van der Waals surface area contributed by atoms with Crippen LogP contribution in [0.1, 0.15) is 10.4 Å². The molecule has 6 heteroatoms. The number of carbonyl (C=O) groups is 1. The van der Waals surface area contributed by atoms with Crippen molar-refractivity contribution in [1.82, 2.24) is 4.98 Å². The molecule has 98 valence electrons. The van der Waals surface area contributed by atoms with E-state index in [1.807, 2.05) is 0 Å². The first-order valence-corrected chi connectivity index (χ1v) is 6.53. The van der Waals surface area contributed by atoms with Gasteiger partial charge in [-0.15, -0.1) is 0 Å². The second-order valence-electron chi connectivity index (χ2n) is 3.70. The topological polar surface area (TPSA) is 51.2 Å². The molecular formula is C13H10BrClN2O2. The molecule has 0 atom stereocenters. The first kappa shape index (κ1) is 13.8. The van der Waals surface area contributed by atoms with Crippen LogP contribution in [0.5, 0.6) is 5.88 Å². The number of nitrogens with zero attached hydrogens (tertiary/aromatic N) is 1. The predicted octanol–water partition coefficient (Wildman–Crippen LogP) is 3.76. The molecule has 0 saturated carbocycles. The van der Waals surface area contributed by atoms with Gasteiger partial charge < -0.3 is 10.1 Å². The maximum Gasteiger partial charge on any atom is 0.255 e. The Balaban J connectivity index is 2.15. The summed E-state index contributed by atoms with van der Waals surface area (Å²) < 4.78 is 5.69. The van der Waals surface area contributed by atoms with Gasteiger partial charge in [-0.25, -0.2) is 4.98 Å². The van der Waals surface area contributed by atoms with Crippen LogP contribution in [-0.2, 0) is 0 Å². The van der Waals surface area contributed by atoms with Gasteiger partial charge in [0.25, 0.3) is 5.91 Å². The van der Waals surface area contributed by atoms with Crippen molar-refractivity contribution < 1.29 is 9.53 Å². The molecule has 0 fully saturated rings. The van der Waals surface area contributed by atoms with Gasteiger partial charge in [0, 0.05) is 21.1 Å². The van der Waals surface area contributed by atoms with Gasteiger partial charge in [-0.1, -0.05) is 27.5 Å². The second kappa shape index (κ2) is 6.04. The molecule has 19 heavy (non-hydrogen) atoms. The molecule has 0 aliphatic carbocycles. The lowest BCUT2D eigenvalue weighted by molar-refractivity contribution is 0.102. The first-order chi connectivity index (χ1) is 9.08. The van der Waals surface area contributed by atoms with Crippen molar-refractivity contribution in [3.63, 3.8) is 0 Å². The molecule has 2 aromatic rings. The van der Waals surface area contributed by atoms with Gasteiger partial charge in [-0.05, 0) is 24.3 Å². The number of rotatable bonds is 3. The Morgan fingerprint density at radius 2 is 2.16 bits per heavy atom. The van der Waals surface area contributed by atoms with Crippen LogP contribution in [0.4, 0.5) is 5.69 Å². The highest BCUT2D eigenvalue weighted by Gasteiger charge is 2.08. The maximum absolute atomic E-state index is 12.0. The van der Waals surface area contributed by atoms with Crippen LogP contribution in [0.15, 0.2) is 41.0 Å². The van der Waals surface area contributed by atoms with E-state index in [0.717, 1.165) is 4.47 Å². The van der Waals surface area contributed by atoms with E-state index in [2.05, 4.69) is 26.2 Å². The van der Waals surface area contributed by atoms with Crippen LogP contribution in [0, 0.1) is 0 Å². The molecule has 1 aromatic heterocycles. The molecule has 0 spiro atoms. The van der Waals surface area contributed by atoms with E-state index >= 15 is 0 Å². The van der Waals surface area contributed by atoms with Gasteiger partial charge in [0.1, 0.15) is 0 Å². The fourth-order valence-electron chi connectivity index (χ4n) is 1.46. The van der Waals surface area contributed by atoms with Crippen molar-refractivity contribution in [3.8, 4) is 5.88 Å². The third-order valence-corrected chi connectivity index (χ3v) is 3.00. The van der Waals surface area contributed by atoms with Crippen molar-refractivity contribution >= 4 is 39.1 Å². The van der Waals surface area contributed by atoms with Crippen molar-refractivity contribution in [2.24, 2.45) is 0 Å². The molecule has 4 nitrogen and oxygen atoms in total. The highest BCUT2D eigenvalue weighted by molar-refractivity contribution is 9.10. The zero-order valence-corrected chi connectivity index (χ0v) is 12.3. The quantitative estimate of drug-likeness (QED) is 0.925. The molecule has 0 unspecified atom stereocenters.